The van der Waals surface area contributed by atoms with Crippen molar-refractivity contribution >= 4 is 17.5 Å². The third-order valence-corrected chi connectivity index (χ3v) is 4.09. The number of H-pyrrole nitrogens is 1. The van der Waals surface area contributed by atoms with Crippen molar-refractivity contribution in [2.24, 2.45) is 5.92 Å². The summed E-state index contributed by atoms with van der Waals surface area (Å²) in [5, 5.41) is 10.1. The zero-order chi connectivity index (χ0) is 16.2. The van der Waals surface area contributed by atoms with E-state index in [0.717, 1.165) is 6.42 Å². The quantitative estimate of drug-likeness (QED) is 0.871. The summed E-state index contributed by atoms with van der Waals surface area (Å²) in [5.74, 6) is 1.07. The van der Waals surface area contributed by atoms with Gasteiger partial charge >= 0.3 is 0 Å². The van der Waals surface area contributed by atoms with Gasteiger partial charge in [-0.25, -0.2) is 4.98 Å². The molecular formula is C15H17ClN4O3. The Labute approximate surface area is 138 Å². The van der Waals surface area contributed by atoms with Gasteiger partial charge < -0.3 is 14.8 Å². The number of carbonyl (C=O) groups excluding carboxylic acids is 1. The van der Waals surface area contributed by atoms with Gasteiger partial charge in [0.2, 0.25) is 0 Å². The first-order valence-electron chi connectivity index (χ1n) is 7.27. The molecule has 1 amide bonds. The zero-order valence-corrected chi connectivity index (χ0v) is 13.3. The molecule has 2 atom stereocenters. The molecule has 0 bridgehead atoms. The van der Waals surface area contributed by atoms with Crippen molar-refractivity contribution < 1.29 is 14.3 Å². The molecule has 1 aliphatic rings. The van der Waals surface area contributed by atoms with Crippen molar-refractivity contribution in [3.63, 3.8) is 0 Å². The second-order valence-corrected chi connectivity index (χ2v) is 5.70. The lowest BCUT2D eigenvalue weighted by atomic mass is 10.0. The average Bonchev–Trinajstić information content (AvgIpc) is 3.23. The van der Waals surface area contributed by atoms with Crippen molar-refractivity contribution in [2.75, 3.05) is 20.3 Å². The molecule has 1 fully saturated rings. The Hall–Kier alpha value is -2.12. The third-order valence-electron chi connectivity index (χ3n) is 3.85. The van der Waals surface area contributed by atoms with E-state index in [2.05, 4.69) is 20.5 Å². The number of rotatable bonds is 5. The number of benzene rings is 1. The van der Waals surface area contributed by atoms with Gasteiger partial charge in [0, 0.05) is 24.1 Å². The number of amides is 1. The Morgan fingerprint density at radius 1 is 1.57 bits per heavy atom. The Bertz CT molecular complexity index is 677. The molecule has 3 rings (SSSR count). The smallest absolute Gasteiger partial charge is 0.255 e. The molecule has 23 heavy (non-hydrogen) atoms. The molecule has 2 aromatic rings. The number of hydrogen-bond acceptors (Lipinski definition) is 5. The van der Waals surface area contributed by atoms with Gasteiger partial charge in [-0.05, 0) is 24.6 Å². The average molecular weight is 337 g/mol. The van der Waals surface area contributed by atoms with Crippen molar-refractivity contribution in [3.05, 3.63) is 40.9 Å². The second-order valence-electron chi connectivity index (χ2n) is 5.27. The number of carbonyl (C=O) groups is 1. The van der Waals surface area contributed by atoms with Gasteiger partial charge in [-0.3, -0.25) is 9.89 Å². The number of aromatic nitrogens is 3. The third kappa shape index (κ3) is 3.46. The highest BCUT2D eigenvalue weighted by molar-refractivity contribution is 6.30. The summed E-state index contributed by atoms with van der Waals surface area (Å²) in [4.78, 5) is 16.5. The van der Waals surface area contributed by atoms with Crippen LogP contribution in [0.5, 0.6) is 5.75 Å². The zero-order valence-electron chi connectivity index (χ0n) is 12.6. The van der Waals surface area contributed by atoms with Crippen LogP contribution in [0.15, 0.2) is 24.5 Å². The van der Waals surface area contributed by atoms with Crippen LogP contribution >= 0.6 is 11.6 Å². The predicted octanol–water partition coefficient (Wildman–Crippen LogP) is 1.97. The van der Waals surface area contributed by atoms with E-state index in [4.69, 9.17) is 21.1 Å². The van der Waals surface area contributed by atoms with E-state index in [0.29, 0.717) is 35.3 Å². The van der Waals surface area contributed by atoms with Gasteiger partial charge in [0.1, 0.15) is 18.2 Å². The number of halogens is 1. The largest absolute Gasteiger partial charge is 0.496 e. The molecule has 2 N–H and O–H groups in total. The number of aromatic amines is 1. The molecule has 7 nitrogen and oxygen atoms in total. The number of nitrogens with zero attached hydrogens (tertiary/aromatic N) is 2. The Morgan fingerprint density at radius 2 is 2.43 bits per heavy atom. The van der Waals surface area contributed by atoms with Crippen molar-refractivity contribution in [3.8, 4) is 5.75 Å². The van der Waals surface area contributed by atoms with Gasteiger partial charge in [-0.1, -0.05) is 11.6 Å². The summed E-state index contributed by atoms with van der Waals surface area (Å²) < 4.78 is 10.9. The standard InChI is InChI=1S/C15H17ClN4O3/c1-22-12-6-10(16)2-3-11(12)15(21)17-7-9-4-5-23-13(9)14-18-8-19-20-14/h2-3,6,8-9,13H,4-5,7H2,1H3,(H,17,21)(H,18,19,20)/t9-,13-/m0/s1. The molecule has 0 saturated carbocycles. The Kier molecular flexibility index (Phi) is 4.78. The van der Waals surface area contributed by atoms with Crippen LogP contribution in [0.4, 0.5) is 0 Å². The minimum absolute atomic E-state index is 0.144. The first-order chi connectivity index (χ1) is 11.2. The van der Waals surface area contributed by atoms with Crippen molar-refractivity contribution in [1.82, 2.24) is 20.5 Å². The van der Waals surface area contributed by atoms with Crippen molar-refractivity contribution in [2.45, 2.75) is 12.5 Å². The lowest BCUT2D eigenvalue weighted by molar-refractivity contribution is 0.0798. The van der Waals surface area contributed by atoms with E-state index in [9.17, 15) is 4.79 Å². The highest BCUT2D eigenvalue weighted by Crippen LogP contribution is 2.32. The molecule has 8 heteroatoms. The molecule has 1 aromatic carbocycles. The normalized spacial score (nSPS) is 20.4. The highest BCUT2D eigenvalue weighted by Gasteiger charge is 2.32. The van der Waals surface area contributed by atoms with Crippen LogP contribution in [-0.2, 0) is 4.74 Å². The Balaban J connectivity index is 1.65. The topological polar surface area (TPSA) is 89.1 Å². The van der Waals surface area contributed by atoms with Gasteiger partial charge in [0.25, 0.3) is 5.91 Å². The van der Waals surface area contributed by atoms with E-state index >= 15 is 0 Å². The van der Waals surface area contributed by atoms with Gasteiger partial charge in [0.05, 0.1) is 12.7 Å². The van der Waals surface area contributed by atoms with E-state index in [-0.39, 0.29) is 17.9 Å². The molecule has 0 aliphatic carbocycles. The maximum Gasteiger partial charge on any atom is 0.255 e. The summed E-state index contributed by atoms with van der Waals surface area (Å²) in [6, 6.07) is 4.93. The monoisotopic (exact) mass is 336 g/mol. The van der Waals surface area contributed by atoms with Gasteiger partial charge in [-0.2, -0.15) is 5.10 Å². The fraction of sp³-hybridized carbons (Fsp3) is 0.400. The van der Waals surface area contributed by atoms with Crippen LogP contribution in [0.3, 0.4) is 0 Å². The first kappa shape index (κ1) is 15.8. The predicted molar refractivity (Wildman–Crippen MR) is 83.5 cm³/mol. The molecule has 1 aromatic heterocycles. The van der Waals surface area contributed by atoms with E-state index in [1.54, 1.807) is 18.2 Å². The van der Waals surface area contributed by atoms with Crippen molar-refractivity contribution in [1.29, 1.82) is 0 Å². The molecule has 0 spiro atoms. The fourth-order valence-electron chi connectivity index (χ4n) is 2.67. The number of methoxy groups -OCH3 is 1. The lowest BCUT2D eigenvalue weighted by Gasteiger charge is -2.17. The maximum absolute atomic E-state index is 12.4. The van der Waals surface area contributed by atoms with E-state index < -0.39 is 0 Å². The molecule has 0 radical (unpaired) electrons. The second kappa shape index (κ2) is 6.97. The summed E-state index contributed by atoms with van der Waals surface area (Å²) in [6.07, 6.45) is 2.12. The molecule has 2 heterocycles. The van der Waals surface area contributed by atoms with Crippen LogP contribution in [0.25, 0.3) is 0 Å². The summed E-state index contributed by atoms with van der Waals surface area (Å²) in [5.41, 5.74) is 0.451. The fourth-order valence-corrected chi connectivity index (χ4v) is 2.83. The SMILES string of the molecule is COc1cc(Cl)ccc1C(=O)NC[C@@H]1CCO[C@@H]1c1ncn[nH]1. The first-order valence-corrected chi connectivity index (χ1v) is 7.65. The molecule has 1 aliphatic heterocycles. The summed E-state index contributed by atoms with van der Waals surface area (Å²) >= 11 is 5.91. The number of nitrogens with one attached hydrogen (secondary N) is 2. The van der Waals surface area contributed by atoms with E-state index in [1.807, 2.05) is 0 Å². The molecule has 0 unspecified atom stereocenters. The van der Waals surface area contributed by atoms with Crippen LogP contribution in [0.1, 0.15) is 28.7 Å². The number of hydrogen-bond donors (Lipinski definition) is 2. The number of ether oxygens (including phenoxy) is 2. The summed E-state index contributed by atoms with van der Waals surface area (Å²) in [7, 11) is 1.51. The van der Waals surface area contributed by atoms with Crippen LogP contribution in [-0.4, -0.2) is 41.3 Å². The minimum Gasteiger partial charge on any atom is -0.496 e. The van der Waals surface area contributed by atoms with Crippen LogP contribution < -0.4 is 10.1 Å². The molecule has 1 saturated heterocycles. The van der Waals surface area contributed by atoms with Gasteiger partial charge in [-0.15, -0.1) is 0 Å². The van der Waals surface area contributed by atoms with E-state index in [1.165, 1.54) is 13.4 Å². The van der Waals surface area contributed by atoms with Crippen LogP contribution in [0.2, 0.25) is 5.02 Å². The lowest BCUT2D eigenvalue weighted by Crippen LogP contribution is -2.31. The Morgan fingerprint density at radius 3 is 3.17 bits per heavy atom. The maximum atomic E-state index is 12.4. The summed E-state index contributed by atoms with van der Waals surface area (Å²) in [6.45, 7) is 1.12. The highest BCUT2D eigenvalue weighted by atomic mass is 35.5. The van der Waals surface area contributed by atoms with Gasteiger partial charge in [0.15, 0.2) is 5.82 Å². The molecule has 122 valence electrons. The minimum atomic E-state index is -0.207. The van der Waals surface area contributed by atoms with Crippen LogP contribution in [0, 0.1) is 5.92 Å². The molecular weight excluding hydrogens is 320 g/mol.